The topological polar surface area (TPSA) is 40.5 Å². The molecule has 1 heterocycles. The van der Waals surface area contributed by atoms with Gasteiger partial charge in [-0.25, -0.2) is 0 Å². The first kappa shape index (κ1) is 15.0. The number of piperidine rings is 1. The van der Waals surface area contributed by atoms with E-state index in [-0.39, 0.29) is 11.8 Å². The van der Waals surface area contributed by atoms with Crippen molar-refractivity contribution in [1.82, 2.24) is 4.90 Å². The van der Waals surface area contributed by atoms with Crippen molar-refractivity contribution in [3.05, 3.63) is 33.8 Å². The molecule has 114 valence electrons. The first-order valence-electron chi connectivity index (χ1n) is 7.77. The monoisotopic (exact) mass is 351 g/mol. The molecule has 2 unspecified atom stereocenters. The maximum atomic E-state index is 12.8. The molecule has 2 aliphatic rings. The van der Waals surface area contributed by atoms with Crippen molar-refractivity contribution in [1.29, 1.82) is 0 Å². The van der Waals surface area contributed by atoms with Crippen LogP contribution in [0.15, 0.2) is 22.7 Å². The molecule has 1 aromatic carbocycles. The second kappa shape index (κ2) is 5.73. The van der Waals surface area contributed by atoms with Crippen LogP contribution in [-0.4, -0.2) is 34.6 Å². The number of carbonyl (C=O) groups is 1. The SMILES string of the molecule is Cc1ccc(Br)cc1C(=O)N1CCC2(O)CCCCC2C1. The number of aliphatic hydroxyl groups is 1. The van der Waals surface area contributed by atoms with Crippen LogP contribution in [0, 0.1) is 12.8 Å². The molecular formula is C17H22BrNO2. The predicted molar refractivity (Wildman–Crippen MR) is 86.3 cm³/mol. The summed E-state index contributed by atoms with van der Waals surface area (Å²) in [4.78, 5) is 14.7. The van der Waals surface area contributed by atoms with E-state index in [4.69, 9.17) is 0 Å². The first-order chi connectivity index (χ1) is 9.99. The summed E-state index contributed by atoms with van der Waals surface area (Å²) in [5.41, 5.74) is 1.25. The van der Waals surface area contributed by atoms with Crippen molar-refractivity contribution >= 4 is 21.8 Å². The van der Waals surface area contributed by atoms with Crippen molar-refractivity contribution in [2.75, 3.05) is 13.1 Å². The van der Waals surface area contributed by atoms with E-state index in [0.717, 1.165) is 41.3 Å². The summed E-state index contributed by atoms with van der Waals surface area (Å²) >= 11 is 3.44. The quantitative estimate of drug-likeness (QED) is 0.840. The van der Waals surface area contributed by atoms with Gasteiger partial charge in [-0.15, -0.1) is 0 Å². The van der Waals surface area contributed by atoms with Gasteiger partial charge in [-0.05, 0) is 43.9 Å². The number of nitrogens with zero attached hydrogens (tertiary/aromatic N) is 1. The molecule has 2 fully saturated rings. The Morgan fingerprint density at radius 2 is 2.19 bits per heavy atom. The van der Waals surface area contributed by atoms with Crippen LogP contribution in [0.25, 0.3) is 0 Å². The molecule has 0 radical (unpaired) electrons. The summed E-state index contributed by atoms with van der Waals surface area (Å²) in [5, 5.41) is 10.7. The molecule has 1 aliphatic carbocycles. The van der Waals surface area contributed by atoms with Gasteiger partial charge >= 0.3 is 0 Å². The summed E-state index contributed by atoms with van der Waals surface area (Å²) in [5.74, 6) is 0.345. The van der Waals surface area contributed by atoms with Crippen LogP contribution in [0.4, 0.5) is 0 Å². The summed E-state index contributed by atoms with van der Waals surface area (Å²) < 4.78 is 0.933. The van der Waals surface area contributed by atoms with Gasteiger partial charge in [0.15, 0.2) is 0 Å². The van der Waals surface area contributed by atoms with E-state index in [2.05, 4.69) is 15.9 Å². The maximum Gasteiger partial charge on any atom is 0.254 e. The van der Waals surface area contributed by atoms with Gasteiger partial charge in [0.05, 0.1) is 5.60 Å². The zero-order chi connectivity index (χ0) is 15.0. The van der Waals surface area contributed by atoms with Crippen molar-refractivity contribution in [2.45, 2.75) is 44.6 Å². The van der Waals surface area contributed by atoms with E-state index in [1.54, 1.807) is 0 Å². The third-order valence-electron chi connectivity index (χ3n) is 5.14. The highest BCUT2D eigenvalue weighted by Crippen LogP contribution is 2.40. The van der Waals surface area contributed by atoms with Gasteiger partial charge in [0.25, 0.3) is 5.91 Å². The Bertz CT molecular complexity index is 560. The lowest BCUT2D eigenvalue weighted by atomic mass is 9.71. The van der Waals surface area contributed by atoms with Crippen LogP contribution in [0.5, 0.6) is 0 Å². The zero-order valence-corrected chi connectivity index (χ0v) is 14.0. The Morgan fingerprint density at radius 1 is 1.38 bits per heavy atom. The molecular weight excluding hydrogens is 330 g/mol. The van der Waals surface area contributed by atoms with Crippen LogP contribution in [-0.2, 0) is 0 Å². The van der Waals surface area contributed by atoms with Crippen LogP contribution < -0.4 is 0 Å². The third-order valence-corrected chi connectivity index (χ3v) is 5.64. The standard InChI is InChI=1S/C17H22BrNO2/c1-12-5-6-14(18)10-15(12)16(20)19-9-8-17(21)7-3-2-4-13(17)11-19/h5-6,10,13,21H,2-4,7-9,11H2,1H3. The maximum absolute atomic E-state index is 12.8. The van der Waals surface area contributed by atoms with Crippen molar-refractivity contribution in [3.63, 3.8) is 0 Å². The average Bonchev–Trinajstić information content (AvgIpc) is 2.48. The number of benzene rings is 1. The molecule has 0 bridgehead atoms. The number of hydrogen-bond donors (Lipinski definition) is 1. The molecule has 3 rings (SSSR count). The van der Waals surface area contributed by atoms with E-state index in [1.165, 1.54) is 6.42 Å². The summed E-state index contributed by atoms with van der Waals surface area (Å²) in [6.07, 6.45) is 4.94. The Morgan fingerprint density at radius 3 is 3.00 bits per heavy atom. The fourth-order valence-corrected chi connectivity index (χ4v) is 4.11. The second-order valence-corrected chi connectivity index (χ2v) is 7.42. The third kappa shape index (κ3) is 2.88. The number of likely N-dealkylation sites (tertiary alicyclic amines) is 1. The average molecular weight is 352 g/mol. The summed E-state index contributed by atoms with van der Waals surface area (Å²) in [7, 11) is 0. The molecule has 4 heteroatoms. The fourth-order valence-electron chi connectivity index (χ4n) is 3.75. The molecule has 0 aromatic heterocycles. The molecule has 1 amide bonds. The van der Waals surface area contributed by atoms with Crippen LogP contribution in [0.3, 0.4) is 0 Å². The van der Waals surface area contributed by atoms with Crippen LogP contribution in [0.2, 0.25) is 0 Å². The number of halogens is 1. The zero-order valence-electron chi connectivity index (χ0n) is 12.4. The highest BCUT2D eigenvalue weighted by Gasteiger charge is 2.43. The normalized spacial score (nSPS) is 29.1. The van der Waals surface area contributed by atoms with E-state index < -0.39 is 5.60 Å². The van der Waals surface area contributed by atoms with Gasteiger partial charge in [-0.2, -0.15) is 0 Å². The van der Waals surface area contributed by atoms with Gasteiger partial charge in [-0.3, -0.25) is 4.79 Å². The van der Waals surface area contributed by atoms with Gasteiger partial charge in [0, 0.05) is 29.0 Å². The van der Waals surface area contributed by atoms with Crippen molar-refractivity contribution in [3.8, 4) is 0 Å². The Hall–Kier alpha value is -0.870. The molecule has 1 saturated carbocycles. The number of aryl methyl sites for hydroxylation is 1. The highest BCUT2D eigenvalue weighted by atomic mass is 79.9. The molecule has 1 aliphatic heterocycles. The Labute approximate surface area is 134 Å². The van der Waals surface area contributed by atoms with Gasteiger partial charge in [0.2, 0.25) is 0 Å². The second-order valence-electron chi connectivity index (χ2n) is 6.51. The van der Waals surface area contributed by atoms with E-state index in [0.29, 0.717) is 13.1 Å². The van der Waals surface area contributed by atoms with Crippen LogP contribution >= 0.6 is 15.9 Å². The smallest absolute Gasteiger partial charge is 0.254 e. The number of amides is 1. The molecule has 0 spiro atoms. The largest absolute Gasteiger partial charge is 0.389 e. The van der Waals surface area contributed by atoms with Crippen molar-refractivity contribution < 1.29 is 9.90 Å². The molecule has 1 saturated heterocycles. The minimum Gasteiger partial charge on any atom is -0.389 e. The molecule has 21 heavy (non-hydrogen) atoms. The number of hydrogen-bond acceptors (Lipinski definition) is 2. The van der Waals surface area contributed by atoms with Gasteiger partial charge in [0.1, 0.15) is 0 Å². The van der Waals surface area contributed by atoms with E-state index in [9.17, 15) is 9.90 Å². The number of rotatable bonds is 1. The van der Waals surface area contributed by atoms with Gasteiger partial charge in [-0.1, -0.05) is 34.8 Å². The molecule has 1 N–H and O–H groups in total. The Kier molecular flexibility index (Phi) is 4.10. The first-order valence-corrected chi connectivity index (χ1v) is 8.57. The summed E-state index contributed by atoms with van der Waals surface area (Å²) in [6, 6.07) is 5.83. The minimum atomic E-state index is -0.526. The number of fused-ring (bicyclic) bond motifs is 1. The lowest BCUT2D eigenvalue weighted by Gasteiger charge is -2.47. The van der Waals surface area contributed by atoms with Crippen molar-refractivity contribution in [2.24, 2.45) is 5.92 Å². The van der Waals surface area contributed by atoms with E-state index >= 15 is 0 Å². The lowest BCUT2D eigenvalue weighted by molar-refractivity contribution is -0.0886. The molecule has 1 aromatic rings. The van der Waals surface area contributed by atoms with Gasteiger partial charge < -0.3 is 10.0 Å². The predicted octanol–water partition coefficient (Wildman–Crippen LogP) is 3.52. The summed E-state index contributed by atoms with van der Waals surface area (Å²) in [6.45, 7) is 3.33. The van der Waals surface area contributed by atoms with E-state index in [1.807, 2.05) is 30.0 Å². The number of carbonyl (C=O) groups excluding carboxylic acids is 1. The lowest BCUT2D eigenvalue weighted by Crippen LogP contribution is -2.54. The highest BCUT2D eigenvalue weighted by molar-refractivity contribution is 9.10. The van der Waals surface area contributed by atoms with Crippen LogP contribution in [0.1, 0.15) is 48.0 Å². The fraction of sp³-hybridized carbons (Fsp3) is 0.588. The Balaban J connectivity index is 1.79. The molecule has 2 atom stereocenters. The molecule has 3 nitrogen and oxygen atoms in total. The minimum absolute atomic E-state index is 0.0985.